The van der Waals surface area contributed by atoms with Crippen molar-refractivity contribution < 1.29 is 19.1 Å². The van der Waals surface area contributed by atoms with E-state index in [1.165, 1.54) is 0 Å². The van der Waals surface area contributed by atoms with Gasteiger partial charge in [0.25, 0.3) is 5.91 Å². The highest BCUT2D eigenvalue weighted by Gasteiger charge is 2.19. The van der Waals surface area contributed by atoms with E-state index >= 15 is 0 Å². The van der Waals surface area contributed by atoms with Crippen LogP contribution in [0.2, 0.25) is 0 Å². The zero-order valence-electron chi connectivity index (χ0n) is 17.1. The molecule has 0 aliphatic rings. The molecule has 2 aromatic rings. The van der Waals surface area contributed by atoms with Crippen molar-refractivity contribution in [3.63, 3.8) is 0 Å². The van der Waals surface area contributed by atoms with Crippen molar-refractivity contribution in [1.29, 1.82) is 0 Å². The summed E-state index contributed by atoms with van der Waals surface area (Å²) in [7, 11) is 0. The summed E-state index contributed by atoms with van der Waals surface area (Å²) in [4.78, 5) is 24.3. The zero-order valence-corrected chi connectivity index (χ0v) is 17.1. The number of rotatable bonds is 8. The van der Waals surface area contributed by atoms with Crippen LogP contribution in [0.1, 0.15) is 56.5 Å². The third kappa shape index (κ3) is 6.41. The molecule has 0 heterocycles. The van der Waals surface area contributed by atoms with E-state index in [-0.39, 0.29) is 23.9 Å². The number of amides is 1. The third-order valence-corrected chi connectivity index (χ3v) is 4.17. The summed E-state index contributed by atoms with van der Waals surface area (Å²) in [5, 5.41) is 2.76. The average molecular weight is 383 g/mol. The Balaban J connectivity index is 1.95. The fraction of sp³-hybridized carbons (Fsp3) is 0.391. The maximum atomic E-state index is 12.3. The van der Waals surface area contributed by atoms with Gasteiger partial charge in [-0.1, -0.05) is 58.4 Å². The van der Waals surface area contributed by atoms with Gasteiger partial charge < -0.3 is 14.8 Å². The summed E-state index contributed by atoms with van der Waals surface area (Å²) >= 11 is 0. The van der Waals surface area contributed by atoms with Crippen LogP contribution in [0.3, 0.4) is 0 Å². The number of hydrogen-bond donors (Lipinski definition) is 1. The molecule has 5 nitrogen and oxygen atoms in total. The quantitative estimate of drug-likeness (QED) is 0.517. The molecule has 0 atom stereocenters. The molecule has 0 bridgehead atoms. The Morgan fingerprint density at radius 3 is 2.50 bits per heavy atom. The van der Waals surface area contributed by atoms with Gasteiger partial charge in [0.2, 0.25) is 0 Å². The second-order valence-electron chi connectivity index (χ2n) is 7.65. The minimum Gasteiger partial charge on any atom is -0.483 e. The zero-order chi connectivity index (χ0) is 20.6. The van der Waals surface area contributed by atoms with Crippen LogP contribution in [0.4, 0.5) is 5.69 Å². The largest absolute Gasteiger partial charge is 0.483 e. The van der Waals surface area contributed by atoms with Crippen molar-refractivity contribution in [2.45, 2.75) is 46.0 Å². The number of hydrogen-bond acceptors (Lipinski definition) is 4. The fourth-order valence-electron chi connectivity index (χ4n) is 2.67. The topological polar surface area (TPSA) is 64.6 Å². The first-order chi connectivity index (χ1) is 13.3. The minimum atomic E-state index is -0.389. The van der Waals surface area contributed by atoms with Crippen LogP contribution < -0.4 is 10.1 Å². The Morgan fingerprint density at radius 2 is 1.79 bits per heavy atom. The highest BCUT2D eigenvalue weighted by molar-refractivity contribution is 5.95. The first-order valence-electron chi connectivity index (χ1n) is 9.60. The smallest absolute Gasteiger partial charge is 0.338 e. The summed E-state index contributed by atoms with van der Waals surface area (Å²) in [5.41, 5.74) is 1.90. The predicted octanol–water partition coefficient (Wildman–Crippen LogP) is 4.96. The monoisotopic (exact) mass is 383 g/mol. The van der Waals surface area contributed by atoms with Crippen LogP contribution in [-0.4, -0.2) is 25.1 Å². The maximum Gasteiger partial charge on any atom is 0.338 e. The van der Waals surface area contributed by atoms with Crippen molar-refractivity contribution in [3.05, 3.63) is 59.7 Å². The van der Waals surface area contributed by atoms with E-state index < -0.39 is 0 Å². The van der Waals surface area contributed by atoms with Gasteiger partial charge >= 0.3 is 5.97 Å². The summed E-state index contributed by atoms with van der Waals surface area (Å²) in [6.45, 7) is 8.61. The maximum absolute atomic E-state index is 12.3. The van der Waals surface area contributed by atoms with Gasteiger partial charge in [0, 0.05) is 5.69 Å². The number of carbonyl (C=O) groups excluding carboxylic acids is 2. The molecule has 0 aliphatic heterocycles. The molecular formula is C23H29NO4. The van der Waals surface area contributed by atoms with Crippen LogP contribution in [-0.2, 0) is 14.9 Å². The Kier molecular flexibility index (Phi) is 7.61. The Bertz CT molecular complexity index is 808. The molecule has 0 spiro atoms. The van der Waals surface area contributed by atoms with E-state index in [2.05, 4.69) is 26.1 Å². The van der Waals surface area contributed by atoms with E-state index in [0.717, 1.165) is 18.4 Å². The van der Waals surface area contributed by atoms with Crippen molar-refractivity contribution in [1.82, 2.24) is 0 Å². The van der Waals surface area contributed by atoms with E-state index in [4.69, 9.17) is 9.47 Å². The van der Waals surface area contributed by atoms with Crippen molar-refractivity contribution >= 4 is 17.6 Å². The van der Waals surface area contributed by atoms with Crippen LogP contribution in [0, 0.1) is 0 Å². The van der Waals surface area contributed by atoms with E-state index in [1.54, 1.807) is 24.3 Å². The molecule has 1 N–H and O–H groups in total. The van der Waals surface area contributed by atoms with Crippen molar-refractivity contribution in [2.75, 3.05) is 18.5 Å². The molecule has 0 fully saturated rings. The van der Waals surface area contributed by atoms with Crippen LogP contribution in [0.15, 0.2) is 48.5 Å². The van der Waals surface area contributed by atoms with Gasteiger partial charge in [0.05, 0.1) is 12.2 Å². The van der Waals surface area contributed by atoms with Gasteiger partial charge in [-0.25, -0.2) is 4.79 Å². The minimum absolute atomic E-state index is 0.0838. The first kappa shape index (κ1) is 21.5. The number of ether oxygens (including phenoxy) is 2. The SMILES string of the molecule is CCCCOC(=O)c1cccc(NC(=O)COc2ccccc2C(C)(C)C)c1. The number of carbonyl (C=O) groups is 2. The Hall–Kier alpha value is -2.82. The molecule has 150 valence electrons. The highest BCUT2D eigenvalue weighted by atomic mass is 16.5. The fourth-order valence-corrected chi connectivity index (χ4v) is 2.67. The summed E-state index contributed by atoms with van der Waals surface area (Å²) in [6.07, 6.45) is 1.79. The van der Waals surface area contributed by atoms with Crippen molar-refractivity contribution in [3.8, 4) is 5.75 Å². The molecule has 0 saturated heterocycles. The molecule has 0 aromatic heterocycles. The Labute approximate surface area is 167 Å². The molecule has 1 amide bonds. The molecule has 0 unspecified atom stereocenters. The van der Waals surface area contributed by atoms with Gasteiger partial charge in [-0.15, -0.1) is 0 Å². The lowest BCUT2D eigenvalue weighted by Crippen LogP contribution is -2.22. The normalized spacial score (nSPS) is 11.0. The molecule has 28 heavy (non-hydrogen) atoms. The lowest BCUT2D eigenvalue weighted by molar-refractivity contribution is -0.118. The molecule has 0 radical (unpaired) electrons. The second-order valence-corrected chi connectivity index (χ2v) is 7.65. The molecule has 0 aliphatic carbocycles. The summed E-state index contributed by atoms with van der Waals surface area (Å²) in [6, 6.07) is 14.4. The Morgan fingerprint density at radius 1 is 1.04 bits per heavy atom. The average Bonchev–Trinajstić information content (AvgIpc) is 2.66. The van der Waals surface area contributed by atoms with Crippen LogP contribution in [0.25, 0.3) is 0 Å². The van der Waals surface area contributed by atoms with Crippen LogP contribution in [0.5, 0.6) is 5.75 Å². The van der Waals surface area contributed by atoms with E-state index in [1.807, 2.05) is 31.2 Å². The van der Waals surface area contributed by atoms with Gasteiger partial charge in [0.15, 0.2) is 6.61 Å². The number of nitrogens with one attached hydrogen (secondary N) is 1. The number of para-hydroxylation sites is 1. The van der Waals surface area contributed by atoms with E-state index in [9.17, 15) is 9.59 Å². The lowest BCUT2D eigenvalue weighted by Gasteiger charge is -2.22. The predicted molar refractivity (Wildman–Crippen MR) is 111 cm³/mol. The van der Waals surface area contributed by atoms with Gasteiger partial charge in [-0.2, -0.15) is 0 Å². The number of unbranched alkanes of at least 4 members (excludes halogenated alkanes) is 1. The molecule has 2 aromatic carbocycles. The molecule has 2 rings (SSSR count). The lowest BCUT2D eigenvalue weighted by atomic mass is 9.86. The van der Waals surface area contributed by atoms with E-state index in [0.29, 0.717) is 23.6 Å². The van der Waals surface area contributed by atoms with Gasteiger partial charge in [-0.3, -0.25) is 4.79 Å². The number of benzene rings is 2. The molecule has 5 heteroatoms. The standard InChI is InChI=1S/C23H29NO4/c1-5-6-14-27-22(26)17-10-9-11-18(15-17)24-21(25)16-28-20-13-8-7-12-19(20)23(2,3)4/h7-13,15H,5-6,14,16H2,1-4H3,(H,24,25). The van der Waals surface area contributed by atoms with Gasteiger partial charge in [-0.05, 0) is 41.7 Å². The highest BCUT2D eigenvalue weighted by Crippen LogP contribution is 2.30. The summed E-state index contributed by atoms with van der Waals surface area (Å²) in [5.74, 6) is 0.0125. The van der Waals surface area contributed by atoms with Crippen molar-refractivity contribution in [2.24, 2.45) is 0 Å². The second kappa shape index (κ2) is 9.93. The first-order valence-corrected chi connectivity index (χ1v) is 9.60. The third-order valence-electron chi connectivity index (χ3n) is 4.17. The van der Waals surface area contributed by atoms with Crippen LogP contribution >= 0.6 is 0 Å². The van der Waals surface area contributed by atoms with Gasteiger partial charge in [0.1, 0.15) is 5.75 Å². The molecule has 0 saturated carbocycles. The summed E-state index contributed by atoms with van der Waals surface area (Å²) < 4.78 is 10.9. The number of esters is 1. The molecular weight excluding hydrogens is 354 g/mol. The number of anilines is 1.